The van der Waals surface area contributed by atoms with Gasteiger partial charge in [0.15, 0.2) is 0 Å². The fourth-order valence-electron chi connectivity index (χ4n) is 3.09. The highest BCUT2D eigenvalue weighted by Gasteiger charge is 2.16. The largest absolute Gasteiger partial charge is 0.491 e. The van der Waals surface area contributed by atoms with Crippen LogP contribution in [0, 0.1) is 0 Å². The molecule has 1 heterocycles. The first-order valence-corrected chi connectivity index (χ1v) is 9.66. The maximum Gasteiger partial charge on any atom is 0.364 e. The van der Waals surface area contributed by atoms with Crippen LogP contribution in [-0.4, -0.2) is 32.6 Å². The Hall–Kier alpha value is -3.77. The Labute approximate surface area is 174 Å². The molecule has 0 unspecified atom stereocenters. The van der Waals surface area contributed by atoms with E-state index in [0.29, 0.717) is 17.1 Å². The molecule has 0 amide bonds. The Morgan fingerprint density at radius 3 is 1.93 bits per heavy atom. The highest BCUT2D eigenvalue weighted by Crippen LogP contribution is 2.27. The van der Waals surface area contributed by atoms with Crippen LogP contribution in [0.4, 0.5) is 0 Å². The first kappa shape index (κ1) is 19.5. The van der Waals surface area contributed by atoms with Crippen molar-refractivity contribution in [1.29, 1.82) is 0 Å². The fraction of sp³-hybridized carbons (Fsp3) is 0.125. The summed E-state index contributed by atoms with van der Waals surface area (Å²) in [7, 11) is 0. The number of rotatable bonds is 7. The lowest BCUT2D eigenvalue weighted by molar-refractivity contribution is 0.0876. The van der Waals surface area contributed by atoms with Crippen molar-refractivity contribution in [3.8, 4) is 28.3 Å². The number of benzene rings is 3. The van der Waals surface area contributed by atoms with E-state index in [9.17, 15) is 9.90 Å². The van der Waals surface area contributed by atoms with E-state index in [4.69, 9.17) is 4.74 Å². The maximum absolute atomic E-state index is 12.6. The van der Waals surface area contributed by atoms with Crippen LogP contribution in [0.25, 0.3) is 22.5 Å². The van der Waals surface area contributed by atoms with E-state index in [0.717, 1.165) is 11.1 Å². The zero-order chi connectivity index (χ0) is 20.8. The normalized spacial score (nSPS) is 11.8. The summed E-state index contributed by atoms with van der Waals surface area (Å²) in [5.74, 6) is 0.652. The van der Waals surface area contributed by atoms with Crippen molar-refractivity contribution in [2.75, 3.05) is 6.61 Å². The third kappa shape index (κ3) is 4.61. The van der Waals surface area contributed by atoms with Crippen molar-refractivity contribution in [3.05, 3.63) is 101 Å². The van der Waals surface area contributed by atoms with Gasteiger partial charge in [0.1, 0.15) is 29.8 Å². The molecule has 0 radical (unpaired) electrons. The van der Waals surface area contributed by atoms with Crippen LogP contribution in [0.15, 0.2) is 95.8 Å². The Bertz CT molecular complexity index is 1150. The molecule has 4 aromatic rings. The van der Waals surface area contributed by atoms with Gasteiger partial charge < -0.3 is 9.84 Å². The number of nitrogens with zero attached hydrogens (tertiary/aromatic N) is 3. The second-order valence-electron chi connectivity index (χ2n) is 6.78. The van der Waals surface area contributed by atoms with Crippen LogP contribution in [0.1, 0.15) is 0 Å². The van der Waals surface area contributed by atoms with Gasteiger partial charge in [-0.1, -0.05) is 78.9 Å². The number of aliphatic hydroxyl groups is 1. The van der Waals surface area contributed by atoms with Crippen molar-refractivity contribution >= 4 is 0 Å². The SMILES string of the molecule is O=c1nc(-c2ccccc2)c(-c2ccccc2)nn1C[C@@H](O)COc1ccccc1. The van der Waals surface area contributed by atoms with E-state index < -0.39 is 11.8 Å². The molecule has 0 spiro atoms. The second-order valence-corrected chi connectivity index (χ2v) is 6.78. The third-order valence-electron chi connectivity index (χ3n) is 4.54. The monoisotopic (exact) mass is 399 g/mol. The number of aliphatic hydroxyl groups excluding tert-OH is 1. The lowest BCUT2D eigenvalue weighted by Gasteiger charge is -2.15. The first-order valence-electron chi connectivity index (χ1n) is 9.66. The molecule has 0 aliphatic rings. The topological polar surface area (TPSA) is 77.2 Å². The van der Waals surface area contributed by atoms with E-state index in [1.165, 1.54) is 4.68 Å². The summed E-state index contributed by atoms with van der Waals surface area (Å²) < 4.78 is 6.76. The molecule has 0 saturated heterocycles. The lowest BCUT2D eigenvalue weighted by Crippen LogP contribution is -2.34. The minimum atomic E-state index is -0.914. The predicted octanol–water partition coefficient (Wildman–Crippen LogP) is 3.41. The summed E-state index contributed by atoms with van der Waals surface area (Å²) in [5, 5.41) is 14.9. The second kappa shape index (κ2) is 9.15. The minimum absolute atomic E-state index is 0.0203. The zero-order valence-corrected chi connectivity index (χ0v) is 16.3. The van der Waals surface area contributed by atoms with Gasteiger partial charge in [-0.15, -0.1) is 0 Å². The van der Waals surface area contributed by atoms with Gasteiger partial charge in [0, 0.05) is 11.1 Å². The van der Waals surface area contributed by atoms with Gasteiger partial charge in [0.25, 0.3) is 0 Å². The molecule has 0 bridgehead atoms. The molecule has 4 rings (SSSR count). The third-order valence-corrected chi connectivity index (χ3v) is 4.54. The summed E-state index contributed by atoms with van der Waals surface area (Å²) in [6.07, 6.45) is -0.914. The molecule has 1 N–H and O–H groups in total. The average molecular weight is 399 g/mol. The quantitative estimate of drug-likeness (QED) is 0.515. The van der Waals surface area contributed by atoms with Crippen LogP contribution in [0.3, 0.4) is 0 Å². The predicted molar refractivity (Wildman–Crippen MR) is 115 cm³/mol. The molecular weight excluding hydrogens is 378 g/mol. The van der Waals surface area contributed by atoms with E-state index in [1.807, 2.05) is 78.9 Å². The minimum Gasteiger partial charge on any atom is -0.491 e. The highest BCUT2D eigenvalue weighted by atomic mass is 16.5. The van der Waals surface area contributed by atoms with Crippen molar-refractivity contribution in [2.24, 2.45) is 0 Å². The van der Waals surface area contributed by atoms with Gasteiger partial charge in [-0.3, -0.25) is 0 Å². The van der Waals surface area contributed by atoms with Crippen LogP contribution in [0.2, 0.25) is 0 Å². The molecule has 150 valence electrons. The van der Waals surface area contributed by atoms with E-state index in [2.05, 4.69) is 10.1 Å². The summed E-state index contributed by atoms with van der Waals surface area (Å²) in [6, 6.07) is 28.2. The summed E-state index contributed by atoms with van der Waals surface area (Å²) >= 11 is 0. The summed E-state index contributed by atoms with van der Waals surface area (Å²) in [6.45, 7) is 0.0206. The Balaban J connectivity index is 1.63. The molecule has 30 heavy (non-hydrogen) atoms. The van der Waals surface area contributed by atoms with Crippen LogP contribution in [0.5, 0.6) is 5.75 Å². The van der Waals surface area contributed by atoms with Crippen molar-refractivity contribution in [3.63, 3.8) is 0 Å². The molecule has 0 aliphatic carbocycles. The molecule has 1 atom stereocenters. The number of hydrogen-bond acceptors (Lipinski definition) is 5. The van der Waals surface area contributed by atoms with Gasteiger partial charge >= 0.3 is 5.69 Å². The molecule has 3 aromatic carbocycles. The molecule has 0 fully saturated rings. The molecule has 0 saturated carbocycles. The molecular formula is C24H21N3O3. The Morgan fingerprint density at radius 2 is 1.33 bits per heavy atom. The molecule has 0 aliphatic heterocycles. The first-order chi connectivity index (χ1) is 14.7. The molecule has 6 nitrogen and oxygen atoms in total. The van der Waals surface area contributed by atoms with Crippen molar-refractivity contribution in [1.82, 2.24) is 14.8 Å². The highest BCUT2D eigenvalue weighted by molar-refractivity contribution is 5.77. The number of para-hydroxylation sites is 1. The van der Waals surface area contributed by atoms with E-state index >= 15 is 0 Å². The van der Waals surface area contributed by atoms with Gasteiger partial charge in [-0.2, -0.15) is 10.1 Å². The molecule has 6 heteroatoms. The lowest BCUT2D eigenvalue weighted by atomic mass is 10.0. The van der Waals surface area contributed by atoms with Gasteiger partial charge in [0.05, 0.1) is 6.54 Å². The van der Waals surface area contributed by atoms with Crippen molar-refractivity contribution in [2.45, 2.75) is 12.6 Å². The maximum atomic E-state index is 12.6. The van der Waals surface area contributed by atoms with Crippen molar-refractivity contribution < 1.29 is 9.84 Å². The Morgan fingerprint density at radius 1 is 0.800 bits per heavy atom. The van der Waals surface area contributed by atoms with Crippen LogP contribution in [-0.2, 0) is 6.54 Å². The zero-order valence-electron chi connectivity index (χ0n) is 16.3. The summed E-state index contributed by atoms with van der Waals surface area (Å²) in [5.41, 5.74) is 2.22. The number of hydrogen-bond donors (Lipinski definition) is 1. The van der Waals surface area contributed by atoms with Crippen LogP contribution >= 0.6 is 0 Å². The van der Waals surface area contributed by atoms with Gasteiger partial charge in [-0.25, -0.2) is 9.48 Å². The smallest absolute Gasteiger partial charge is 0.364 e. The van der Waals surface area contributed by atoms with Gasteiger partial charge in [0.2, 0.25) is 0 Å². The van der Waals surface area contributed by atoms with Crippen LogP contribution < -0.4 is 10.4 Å². The summed E-state index contributed by atoms with van der Waals surface area (Å²) in [4.78, 5) is 16.9. The number of ether oxygens (including phenoxy) is 1. The molecule has 1 aromatic heterocycles. The average Bonchev–Trinajstić information content (AvgIpc) is 2.80. The van der Waals surface area contributed by atoms with Gasteiger partial charge in [-0.05, 0) is 12.1 Å². The fourth-order valence-corrected chi connectivity index (χ4v) is 3.09. The number of aromatic nitrogens is 3. The van der Waals surface area contributed by atoms with E-state index in [-0.39, 0.29) is 13.2 Å². The standard InChI is InChI=1S/C24H21N3O3/c28-20(17-30-21-14-8-3-9-15-21)16-27-24(29)25-22(18-10-4-1-5-11-18)23(26-27)19-12-6-2-7-13-19/h1-15,20,28H,16-17H2/t20-/m1/s1. The Kier molecular flexibility index (Phi) is 5.96. The van der Waals surface area contributed by atoms with E-state index in [1.54, 1.807) is 12.1 Å².